The Morgan fingerprint density at radius 1 is 1.27 bits per heavy atom. The van der Waals surface area contributed by atoms with Crippen LogP contribution in [0.15, 0.2) is 28.8 Å². The number of nitrogens with one attached hydrogen (secondary N) is 1. The highest BCUT2D eigenvalue weighted by molar-refractivity contribution is 5.88. The van der Waals surface area contributed by atoms with Crippen LogP contribution < -0.4 is 5.32 Å². The summed E-state index contributed by atoms with van der Waals surface area (Å²) in [5, 5.41) is 6.63. The molecule has 1 heterocycles. The molecule has 0 radical (unpaired) electrons. The number of carbonyl (C=O) groups excluding carboxylic acids is 2. The summed E-state index contributed by atoms with van der Waals surface area (Å²) >= 11 is 0. The Balaban J connectivity index is 1.95. The van der Waals surface area contributed by atoms with E-state index in [1.54, 1.807) is 32.9 Å². The Hall–Kier alpha value is -2.70. The molecule has 0 saturated carbocycles. The second-order valence-electron chi connectivity index (χ2n) is 6.22. The molecule has 2 aromatic rings. The van der Waals surface area contributed by atoms with E-state index in [-0.39, 0.29) is 30.7 Å². The zero-order valence-electron chi connectivity index (χ0n) is 15.5. The molecular weight excluding hydrogens is 337 g/mol. The van der Waals surface area contributed by atoms with Crippen molar-refractivity contribution in [2.75, 3.05) is 13.1 Å². The number of carbonyl (C=O) groups is 2. The van der Waals surface area contributed by atoms with Crippen LogP contribution in [-0.2, 0) is 16.1 Å². The second-order valence-corrected chi connectivity index (χ2v) is 6.22. The van der Waals surface area contributed by atoms with E-state index >= 15 is 0 Å². The molecule has 2 rings (SSSR count). The molecule has 0 aliphatic heterocycles. The van der Waals surface area contributed by atoms with Gasteiger partial charge in [0.25, 0.3) is 0 Å². The lowest BCUT2D eigenvalue weighted by atomic mass is 9.98. The lowest BCUT2D eigenvalue weighted by Gasteiger charge is -2.24. The number of halogens is 1. The lowest BCUT2D eigenvalue weighted by Crippen LogP contribution is -2.42. The molecular formula is C19H24FN3O3. The molecule has 7 heteroatoms. The van der Waals surface area contributed by atoms with Gasteiger partial charge in [-0.2, -0.15) is 0 Å². The zero-order valence-corrected chi connectivity index (χ0v) is 15.5. The van der Waals surface area contributed by atoms with Gasteiger partial charge in [0.15, 0.2) is 0 Å². The lowest BCUT2D eigenvalue weighted by molar-refractivity contribution is -0.136. The highest BCUT2D eigenvalue weighted by atomic mass is 19.1. The van der Waals surface area contributed by atoms with E-state index in [1.165, 1.54) is 17.0 Å². The van der Waals surface area contributed by atoms with Gasteiger partial charge < -0.3 is 14.7 Å². The first kappa shape index (κ1) is 19.6. The zero-order chi connectivity index (χ0) is 19.3. The third-order valence-electron chi connectivity index (χ3n) is 4.32. The number of amides is 2. The summed E-state index contributed by atoms with van der Waals surface area (Å²) in [7, 11) is 0. The monoisotopic (exact) mass is 361 g/mol. The molecule has 1 atom stereocenters. The number of hydrogen-bond donors (Lipinski definition) is 1. The quantitative estimate of drug-likeness (QED) is 0.823. The number of hydrogen-bond acceptors (Lipinski definition) is 4. The molecule has 0 spiro atoms. The van der Waals surface area contributed by atoms with Gasteiger partial charge in [0, 0.05) is 18.7 Å². The van der Waals surface area contributed by atoms with E-state index in [2.05, 4.69) is 10.5 Å². The Morgan fingerprint density at radius 2 is 1.92 bits per heavy atom. The minimum absolute atomic E-state index is 0.0375. The maximum Gasteiger partial charge on any atom is 0.239 e. The van der Waals surface area contributed by atoms with Crippen molar-refractivity contribution in [3.63, 3.8) is 0 Å². The van der Waals surface area contributed by atoms with Crippen LogP contribution in [0.2, 0.25) is 0 Å². The number of nitrogens with zero attached hydrogens (tertiary/aromatic N) is 2. The molecule has 1 aromatic carbocycles. The van der Waals surface area contributed by atoms with Crippen molar-refractivity contribution in [1.82, 2.24) is 15.4 Å². The van der Waals surface area contributed by atoms with Crippen LogP contribution in [0, 0.1) is 19.7 Å². The maximum absolute atomic E-state index is 12.9. The minimum Gasteiger partial charge on any atom is -0.361 e. The van der Waals surface area contributed by atoms with Crippen LogP contribution in [-0.4, -0.2) is 35.0 Å². The molecule has 1 aromatic heterocycles. The van der Waals surface area contributed by atoms with Crippen LogP contribution in [0.25, 0.3) is 0 Å². The molecule has 2 amide bonds. The fraction of sp³-hybridized carbons (Fsp3) is 0.421. The molecule has 0 fully saturated rings. The number of benzene rings is 1. The molecule has 0 bridgehead atoms. The van der Waals surface area contributed by atoms with Gasteiger partial charge in [0.2, 0.25) is 11.8 Å². The normalized spacial score (nSPS) is 11.9. The Labute approximate surface area is 152 Å². The van der Waals surface area contributed by atoms with Crippen LogP contribution in [0.4, 0.5) is 4.39 Å². The first-order chi connectivity index (χ1) is 12.3. The summed E-state index contributed by atoms with van der Waals surface area (Å²) in [4.78, 5) is 26.4. The fourth-order valence-corrected chi connectivity index (χ4v) is 2.88. The third kappa shape index (κ3) is 4.68. The van der Waals surface area contributed by atoms with E-state index in [1.807, 2.05) is 6.92 Å². The average Bonchev–Trinajstić information content (AvgIpc) is 2.96. The Morgan fingerprint density at radius 3 is 2.46 bits per heavy atom. The number of rotatable bonds is 7. The minimum atomic E-state index is -0.439. The largest absolute Gasteiger partial charge is 0.361 e. The standard InChI is InChI=1S/C19H24FN3O3/c1-5-23(19(25)12(2)18-13(3)22-26-14(18)4)11-17(24)21-10-15-6-8-16(20)9-7-15/h6-9,12H,5,10-11H2,1-4H3,(H,21,24). The third-order valence-corrected chi connectivity index (χ3v) is 4.32. The van der Waals surface area contributed by atoms with Crippen LogP contribution in [0.1, 0.15) is 42.3 Å². The molecule has 0 aliphatic rings. The highest BCUT2D eigenvalue weighted by Crippen LogP contribution is 2.24. The van der Waals surface area contributed by atoms with Gasteiger partial charge >= 0.3 is 0 Å². The van der Waals surface area contributed by atoms with Crippen molar-refractivity contribution in [3.8, 4) is 0 Å². The molecule has 140 valence electrons. The van der Waals surface area contributed by atoms with Crippen molar-refractivity contribution < 1.29 is 18.5 Å². The van der Waals surface area contributed by atoms with Gasteiger partial charge in [-0.25, -0.2) is 4.39 Å². The van der Waals surface area contributed by atoms with Crippen molar-refractivity contribution in [1.29, 1.82) is 0 Å². The van der Waals surface area contributed by atoms with Gasteiger partial charge in [-0.3, -0.25) is 9.59 Å². The van der Waals surface area contributed by atoms with E-state index in [4.69, 9.17) is 4.52 Å². The number of likely N-dealkylation sites (N-methyl/N-ethyl adjacent to an activating group) is 1. The molecule has 26 heavy (non-hydrogen) atoms. The van der Waals surface area contributed by atoms with Crippen LogP contribution >= 0.6 is 0 Å². The molecule has 1 unspecified atom stereocenters. The SMILES string of the molecule is CCN(CC(=O)NCc1ccc(F)cc1)C(=O)C(C)c1c(C)noc1C. The predicted octanol–water partition coefficient (Wildman–Crippen LogP) is 2.70. The summed E-state index contributed by atoms with van der Waals surface area (Å²) in [6.45, 7) is 7.83. The van der Waals surface area contributed by atoms with Crippen molar-refractivity contribution in [2.24, 2.45) is 0 Å². The van der Waals surface area contributed by atoms with Gasteiger partial charge in [0.05, 0.1) is 18.2 Å². The summed E-state index contributed by atoms with van der Waals surface area (Å²) in [6.07, 6.45) is 0. The van der Waals surface area contributed by atoms with Gasteiger partial charge in [0.1, 0.15) is 11.6 Å². The van der Waals surface area contributed by atoms with E-state index in [0.29, 0.717) is 18.0 Å². The number of aryl methyl sites for hydroxylation is 2. The van der Waals surface area contributed by atoms with E-state index < -0.39 is 5.92 Å². The first-order valence-electron chi connectivity index (χ1n) is 8.56. The van der Waals surface area contributed by atoms with Crippen molar-refractivity contribution in [3.05, 3.63) is 52.7 Å². The van der Waals surface area contributed by atoms with Crippen molar-refractivity contribution in [2.45, 2.75) is 40.2 Å². The first-order valence-corrected chi connectivity index (χ1v) is 8.56. The van der Waals surface area contributed by atoms with Crippen LogP contribution in [0.3, 0.4) is 0 Å². The Bertz CT molecular complexity index is 751. The average molecular weight is 361 g/mol. The molecule has 1 N–H and O–H groups in total. The summed E-state index contributed by atoms with van der Waals surface area (Å²) in [6, 6.07) is 5.90. The predicted molar refractivity (Wildman–Crippen MR) is 94.9 cm³/mol. The molecule has 6 nitrogen and oxygen atoms in total. The van der Waals surface area contributed by atoms with Crippen molar-refractivity contribution >= 4 is 11.8 Å². The topological polar surface area (TPSA) is 75.4 Å². The van der Waals surface area contributed by atoms with Gasteiger partial charge in [-0.15, -0.1) is 0 Å². The fourth-order valence-electron chi connectivity index (χ4n) is 2.88. The maximum atomic E-state index is 12.9. The summed E-state index contributed by atoms with van der Waals surface area (Å²) < 4.78 is 18.0. The summed E-state index contributed by atoms with van der Waals surface area (Å²) in [5.74, 6) is -0.572. The van der Waals surface area contributed by atoms with E-state index in [9.17, 15) is 14.0 Å². The Kier molecular flexibility index (Phi) is 6.49. The van der Waals surface area contributed by atoms with Gasteiger partial charge in [-0.05, 0) is 45.4 Å². The molecule has 0 saturated heterocycles. The highest BCUT2D eigenvalue weighted by Gasteiger charge is 2.27. The number of aromatic nitrogens is 1. The van der Waals surface area contributed by atoms with E-state index in [0.717, 1.165) is 11.1 Å². The van der Waals surface area contributed by atoms with Gasteiger partial charge in [-0.1, -0.05) is 17.3 Å². The second kappa shape index (κ2) is 8.60. The van der Waals surface area contributed by atoms with Crippen LogP contribution in [0.5, 0.6) is 0 Å². The summed E-state index contributed by atoms with van der Waals surface area (Å²) in [5.41, 5.74) is 2.23. The smallest absolute Gasteiger partial charge is 0.239 e. The molecule has 0 aliphatic carbocycles.